The summed E-state index contributed by atoms with van der Waals surface area (Å²) in [5.41, 5.74) is 1.03. The second kappa shape index (κ2) is 5.76. The summed E-state index contributed by atoms with van der Waals surface area (Å²) in [5, 5.41) is 9.22. The van der Waals surface area contributed by atoms with E-state index in [1.165, 1.54) is 6.42 Å². The van der Waals surface area contributed by atoms with Crippen LogP contribution in [0, 0.1) is 0 Å². The van der Waals surface area contributed by atoms with Crippen molar-refractivity contribution in [3.63, 3.8) is 0 Å². The summed E-state index contributed by atoms with van der Waals surface area (Å²) in [6.07, 6.45) is 3.45. The maximum absolute atomic E-state index is 12.2. The second-order valence-corrected chi connectivity index (χ2v) is 4.85. The van der Waals surface area contributed by atoms with Gasteiger partial charge in [-0.2, -0.15) is 0 Å². The van der Waals surface area contributed by atoms with Crippen LogP contribution >= 0.6 is 0 Å². The van der Waals surface area contributed by atoms with Gasteiger partial charge in [0.15, 0.2) is 0 Å². The molecule has 1 fully saturated rings. The number of nitrogens with zero attached hydrogens (tertiary/aromatic N) is 2. The zero-order chi connectivity index (χ0) is 13.0. The Hall–Kier alpha value is -1.71. The van der Waals surface area contributed by atoms with Crippen LogP contribution in [0.3, 0.4) is 0 Å². The van der Waals surface area contributed by atoms with Crippen LogP contribution in [0.25, 0.3) is 0 Å². The van der Waals surface area contributed by atoms with Crippen molar-refractivity contribution in [1.29, 1.82) is 0 Å². The van der Waals surface area contributed by atoms with E-state index >= 15 is 0 Å². The van der Waals surface area contributed by atoms with Crippen LogP contribution in [0.1, 0.15) is 24.8 Å². The highest BCUT2D eigenvalue weighted by Gasteiger charge is 2.19. The number of phenolic OH excluding ortho intramolecular Hbond substituents is 1. The van der Waals surface area contributed by atoms with Crippen molar-refractivity contribution in [1.82, 2.24) is 9.80 Å². The minimum Gasteiger partial charge on any atom is -0.508 e. The Balaban J connectivity index is 1.92. The molecule has 0 radical (unpaired) electrons. The molecule has 98 valence electrons. The van der Waals surface area contributed by atoms with E-state index in [9.17, 15) is 9.90 Å². The molecular weight excluding hydrogens is 228 g/mol. The third-order valence-corrected chi connectivity index (χ3v) is 3.31. The van der Waals surface area contributed by atoms with Crippen molar-refractivity contribution in [3.05, 3.63) is 29.8 Å². The number of rotatable bonds is 2. The van der Waals surface area contributed by atoms with E-state index in [0.29, 0.717) is 6.54 Å². The quantitative estimate of drug-likeness (QED) is 0.873. The van der Waals surface area contributed by atoms with E-state index in [1.54, 1.807) is 17.0 Å². The lowest BCUT2D eigenvalue weighted by atomic mass is 10.1. The number of benzene rings is 1. The van der Waals surface area contributed by atoms with Gasteiger partial charge in [-0.3, -0.25) is 0 Å². The normalized spacial score (nSPS) is 15.5. The van der Waals surface area contributed by atoms with E-state index in [-0.39, 0.29) is 11.8 Å². The first kappa shape index (κ1) is 12.7. The zero-order valence-electron chi connectivity index (χ0n) is 10.8. The van der Waals surface area contributed by atoms with Gasteiger partial charge in [0.1, 0.15) is 5.75 Å². The minimum atomic E-state index is 0.0998. The van der Waals surface area contributed by atoms with Crippen molar-refractivity contribution in [2.75, 3.05) is 20.1 Å². The fourth-order valence-corrected chi connectivity index (χ4v) is 2.27. The molecule has 0 aliphatic carbocycles. The Morgan fingerprint density at radius 1 is 1.22 bits per heavy atom. The third kappa shape index (κ3) is 3.15. The van der Waals surface area contributed by atoms with E-state index in [4.69, 9.17) is 0 Å². The summed E-state index contributed by atoms with van der Waals surface area (Å²) in [6, 6.07) is 7.08. The van der Waals surface area contributed by atoms with Gasteiger partial charge in [0.2, 0.25) is 0 Å². The van der Waals surface area contributed by atoms with Gasteiger partial charge < -0.3 is 14.9 Å². The molecule has 2 amide bonds. The molecule has 2 rings (SSSR count). The zero-order valence-corrected chi connectivity index (χ0v) is 10.8. The molecule has 1 aliphatic rings. The summed E-state index contributed by atoms with van der Waals surface area (Å²) in [7, 11) is 1.82. The summed E-state index contributed by atoms with van der Waals surface area (Å²) in [5.74, 6) is 0.253. The highest BCUT2D eigenvalue weighted by Crippen LogP contribution is 2.14. The van der Waals surface area contributed by atoms with Gasteiger partial charge in [-0.25, -0.2) is 4.79 Å². The van der Waals surface area contributed by atoms with Gasteiger partial charge in [-0.1, -0.05) is 12.1 Å². The Morgan fingerprint density at radius 2 is 1.83 bits per heavy atom. The minimum absolute atomic E-state index is 0.0998. The predicted molar refractivity (Wildman–Crippen MR) is 70.4 cm³/mol. The first-order chi connectivity index (χ1) is 8.66. The molecule has 1 saturated heterocycles. The van der Waals surface area contributed by atoms with Crippen LogP contribution in [0.2, 0.25) is 0 Å². The van der Waals surface area contributed by atoms with Crippen molar-refractivity contribution < 1.29 is 9.90 Å². The Morgan fingerprint density at radius 3 is 2.44 bits per heavy atom. The molecular formula is C14H20N2O2. The number of carbonyl (C=O) groups is 1. The van der Waals surface area contributed by atoms with E-state index in [2.05, 4.69) is 0 Å². The van der Waals surface area contributed by atoms with Gasteiger partial charge in [-0.15, -0.1) is 0 Å². The van der Waals surface area contributed by atoms with Crippen LogP contribution in [0.5, 0.6) is 5.75 Å². The smallest absolute Gasteiger partial charge is 0.320 e. The number of piperidine rings is 1. The van der Waals surface area contributed by atoms with Gasteiger partial charge in [-0.05, 0) is 37.0 Å². The molecule has 4 nitrogen and oxygen atoms in total. The van der Waals surface area contributed by atoms with E-state index in [1.807, 2.05) is 24.1 Å². The molecule has 1 N–H and O–H groups in total. The number of urea groups is 1. The molecule has 0 aromatic heterocycles. The molecule has 18 heavy (non-hydrogen) atoms. The first-order valence-corrected chi connectivity index (χ1v) is 6.45. The van der Waals surface area contributed by atoms with Crippen LogP contribution in [-0.2, 0) is 6.54 Å². The maximum Gasteiger partial charge on any atom is 0.320 e. The van der Waals surface area contributed by atoms with Crippen LogP contribution in [0.15, 0.2) is 24.3 Å². The third-order valence-electron chi connectivity index (χ3n) is 3.31. The van der Waals surface area contributed by atoms with Crippen molar-refractivity contribution in [3.8, 4) is 5.75 Å². The van der Waals surface area contributed by atoms with Crippen molar-refractivity contribution in [2.24, 2.45) is 0 Å². The molecule has 0 saturated carbocycles. The number of hydrogen-bond donors (Lipinski definition) is 1. The van der Waals surface area contributed by atoms with Crippen molar-refractivity contribution >= 4 is 6.03 Å². The van der Waals surface area contributed by atoms with Crippen molar-refractivity contribution in [2.45, 2.75) is 25.8 Å². The molecule has 1 aromatic rings. The Kier molecular flexibility index (Phi) is 4.07. The molecule has 0 atom stereocenters. The Bertz CT molecular complexity index is 397. The number of phenols is 1. The molecule has 1 heterocycles. The lowest BCUT2D eigenvalue weighted by Crippen LogP contribution is -2.43. The SMILES string of the molecule is CN(Cc1ccc(O)cc1)C(=O)N1CCCCC1. The van der Waals surface area contributed by atoms with E-state index < -0.39 is 0 Å². The molecule has 0 spiro atoms. The van der Waals surface area contributed by atoms with E-state index in [0.717, 1.165) is 31.5 Å². The van der Waals surface area contributed by atoms with Crippen LogP contribution in [-0.4, -0.2) is 41.1 Å². The molecule has 4 heteroatoms. The topological polar surface area (TPSA) is 43.8 Å². The number of aromatic hydroxyl groups is 1. The predicted octanol–water partition coefficient (Wildman–Crippen LogP) is 2.43. The maximum atomic E-state index is 12.2. The number of amides is 2. The summed E-state index contributed by atoms with van der Waals surface area (Å²) >= 11 is 0. The average Bonchev–Trinajstić information content (AvgIpc) is 2.41. The average molecular weight is 248 g/mol. The standard InChI is InChI=1S/C14H20N2O2/c1-15(11-12-5-7-13(17)8-6-12)14(18)16-9-3-2-4-10-16/h5-8,17H,2-4,9-11H2,1H3. The first-order valence-electron chi connectivity index (χ1n) is 6.45. The fraction of sp³-hybridized carbons (Fsp3) is 0.500. The molecule has 1 aliphatic heterocycles. The largest absolute Gasteiger partial charge is 0.508 e. The van der Waals surface area contributed by atoms with Gasteiger partial charge in [0.05, 0.1) is 0 Å². The number of likely N-dealkylation sites (tertiary alicyclic amines) is 1. The lowest BCUT2D eigenvalue weighted by Gasteiger charge is -2.31. The fourth-order valence-electron chi connectivity index (χ4n) is 2.27. The summed E-state index contributed by atoms with van der Waals surface area (Å²) < 4.78 is 0. The Labute approximate surface area is 108 Å². The second-order valence-electron chi connectivity index (χ2n) is 4.85. The molecule has 0 bridgehead atoms. The van der Waals surface area contributed by atoms with Gasteiger partial charge in [0.25, 0.3) is 0 Å². The highest BCUT2D eigenvalue weighted by atomic mass is 16.3. The van der Waals surface area contributed by atoms with Gasteiger partial charge in [0, 0.05) is 26.7 Å². The number of hydrogen-bond acceptors (Lipinski definition) is 2. The highest BCUT2D eigenvalue weighted by molar-refractivity contribution is 5.74. The molecule has 1 aromatic carbocycles. The monoisotopic (exact) mass is 248 g/mol. The summed E-state index contributed by atoms with van der Waals surface area (Å²) in [6.45, 7) is 2.33. The van der Waals surface area contributed by atoms with Crippen LogP contribution in [0.4, 0.5) is 4.79 Å². The van der Waals surface area contributed by atoms with Gasteiger partial charge >= 0.3 is 6.03 Å². The lowest BCUT2D eigenvalue weighted by molar-refractivity contribution is 0.151. The number of carbonyl (C=O) groups excluding carboxylic acids is 1. The van der Waals surface area contributed by atoms with Crippen LogP contribution < -0.4 is 0 Å². The molecule has 0 unspecified atom stereocenters. The summed E-state index contributed by atoms with van der Waals surface area (Å²) in [4.78, 5) is 15.8.